The molecule has 0 aliphatic heterocycles. The number of rotatable bonds is 5. The molecule has 1 aromatic carbocycles. The van der Waals surface area contributed by atoms with E-state index >= 15 is 0 Å². The highest BCUT2D eigenvalue weighted by atomic mass is 16.5. The highest BCUT2D eigenvalue weighted by molar-refractivity contribution is 6.04. The van der Waals surface area contributed by atoms with Crippen molar-refractivity contribution < 1.29 is 9.53 Å². The fraction of sp³-hybridized carbons (Fsp3) is 0.294. The molecule has 1 heterocycles. The fourth-order valence-electron chi connectivity index (χ4n) is 2.00. The summed E-state index contributed by atoms with van der Waals surface area (Å²) in [4.78, 5) is 16.3. The summed E-state index contributed by atoms with van der Waals surface area (Å²) in [7, 11) is 0. The number of anilines is 1. The van der Waals surface area contributed by atoms with Gasteiger partial charge in [-0.25, -0.2) is 4.98 Å². The van der Waals surface area contributed by atoms with Gasteiger partial charge in [0.1, 0.15) is 11.6 Å². The summed E-state index contributed by atoms with van der Waals surface area (Å²) < 4.78 is 5.66. The molecule has 108 valence electrons. The number of hydrogen-bond donors (Lipinski definition) is 1. The summed E-state index contributed by atoms with van der Waals surface area (Å²) in [6, 6.07) is 11.0. The molecule has 1 aliphatic rings. The number of carbonyl (C=O) groups excluding carboxylic acids is 1. The normalized spacial score (nSPS) is 13.8. The molecule has 21 heavy (non-hydrogen) atoms. The van der Waals surface area contributed by atoms with Gasteiger partial charge in [0, 0.05) is 11.8 Å². The summed E-state index contributed by atoms with van der Waals surface area (Å²) in [5.41, 5.74) is 1.54. The average molecular weight is 282 g/mol. The van der Waals surface area contributed by atoms with Crippen LogP contribution in [0.25, 0.3) is 0 Å². The molecule has 1 aromatic heterocycles. The number of nitrogens with one attached hydrogen (secondary N) is 1. The van der Waals surface area contributed by atoms with Gasteiger partial charge in [-0.05, 0) is 61.6 Å². The van der Waals surface area contributed by atoms with Crippen LogP contribution in [0.1, 0.15) is 28.8 Å². The third-order valence-electron chi connectivity index (χ3n) is 3.54. The predicted octanol–water partition coefficient (Wildman–Crippen LogP) is 3.43. The van der Waals surface area contributed by atoms with Gasteiger partial charge in [-0.2, -0.15) is 0 Å². The third-order valence-corrected chi connectivity index (χ3v) is 3.54. The van der Waals surface area contributed by atoms with Gasteiger partial charge in [-0.3, -0.25) is 4.79 Å². The highest BCUT2D eigenvalue weighted by Crippen LogP contribution is 2.29. The number of benzene rings is 1. The molecule has 0 radical (unpaired) electrons. The lowest BCUT2D eigenvalue weighted by atomic mass is 10.2. The Morgan fingerprint density at radius 2 is 2.05 bits per heavy atom. The minimum atomic E-state index is -0.162. The molecule has 3 rings (SSSR count). The van der Waals surface area contributed by atoms with Crippen LogP contribution in [0.2, 0.25) is 0 Å². The van der Waals surface area contributed by atoms with Crippen molar-refractivity contribution >= 4 is 11.7 Å². The Labute approximate surface area is 124 Å². The van der Waals surface area contributed by atoms with Gasteiger partial charge in [-0.1, -0.05) is 6.07 Å². The molecule has 2 aromatic rings. The van der Waals surface area contributed by atoms with E-state index in [1.165, 1.54) is 12.8 Å². The van der Waals surface area contributed by atoms with Crippen molar-refractivity contribution in [1.82, 2.24) is 4.98 Å². The Kier molecular flexibility index (Phi) is 3.86. The Balaban J connectivity index is 1.62. The average Bonchev–Trinajstić information content (AvgIpc) is 3.32. The maximum absolute atomic E-state index is 12.2. The van der Waals surface area contributed by atoms with Gasteiger partial charge in [-0.15, -0.1) is 0 Å². The maximum atomic E-state index is 12.2. The van der Waals surface area contributed by atoms with E-state index in [-0.39, 0.29) is 5.91 Å². The standard InChI is InChI=1S/C17H18N2O2/c1-12-3-2-10-18-16(12)19-17(20)14-6-8-15(9-7-14)21-11-13-4-5-13/h2-3,6-10,13H,4-5,11H2,1H3,(H,18,19,20). The fourth-order valence-corrected chi connectivity index (χ4v) is 2.00. The van der Waals surface area contributed by atoms with Crippen molar-refractivity contribution in [3.05, 3.63) is 53.7 Å². The first kappa shape index (κ1) is 13.6. The first-order valence-electron chi connectivity index (χ1n) is 7.18. The van der Waals surface area contributed by atoms with Crippen LogP contribution in [0.4, 0.5) is 5.82 Å². The number of carbonyl (C=O) groups is 1. The second-order valence-corrected chi connectivity index (χ2v) is 5.40. The predicted molar refractivity (Wildman–Crippen MR) is 81.6 cm³/mol. The van der Waals surface area contributed by atoms with E-state index in [1.807, 2.05) is 31.2 Å². The molecule has 0 saturated heterocycles. The molecule has 1 saturated carbocycles. The Bertz CT molecular complexity index is 633. The largest absolute Gasteiger partial charge is 0.493 e. The van der Waals surface area contributed by atoms with E-state index in [0.717, 1.165) is 23.8 Å². The van der Waals surface area contributed by atoms with Gasteiger partial charge in [0.25, 0.3) is 5.91 Å². The van der Waals surface area contributed by atoms with E-state index in [2.05, 4.69) is 10.3 Å². The number of hydrogen-bond acceptors (Lipinski definition) is 3. The minimum Gasteiger partial charge on any atom is -0.493 e. The molecular formula is C17H18N2O2. The SMILES string of the molecule is Cc1cccnc1NC(=O)c1ccc(OCC2CC2)cc1. The van der Waals surface area contributed by atoms with Crippen LogP contribution < -0.4 is 10.1 Å². The van der Waals surface area contributed by atoms with Crippen LogP contribution in [0.15, 0.2) is 42.6 Å². The molecule has 1 aliphatic carbocycles. The highest BCUT2D eigenvalue weighted by Gasteiger charge is 2.21. The van der Waals surface area contributed by atoms with Crippen LogP contribution in [-0.2, 0) is 0 Å². The summed E-state index contributed by atoms with van der Waals surface area (Å²) in [5, 5.41) is 2.82. The molecule has 0 spiro atoms. The second-order valence-electron chi connectivity index (χ2n) is 5.40. The summed E-state index contributed by atoms with van der Waals surface area (Å²) in [6.45, 7) is 2.69. The smallest absolute Gasteiger partial charge is 0.256 e. The molecular weight excluding hydrogens is 264 g/mol. The number of aryl methyl sites for hydroxylation is 1. The van der Waals surface area contributed by atoms with Gasteiger partial charge in [0.05, 0.1) is 6.61 Å². The van der Waals surface area contributed by atoms with Crippen molar-refractivity contribution in [1.29, 1.82) is 0 Å². The quantitative estimate of drug-likeness (QED) is 0.914. The van der Waals surface area contributed by atoms with Gasteiger partial charge >= 0.3 is 0 Å². The number of aromatic nitrogens is 1. The van der Waals surface area contributed by atoms with Crippen molar-refractivity contribution in [2.75, 3.05) is 11.9 Å². The monoisotopic (exact) mass is 282 g/mol. The number of pyridine rings is 1. The minimum absolute atomic E-state index is 0.162. The van der Waals surface area contributed by atoms with Crippen LogP contribution >= 0.6 is 0 Å². The second kappa shape index (κ2) is 5.95. The molecule has 1 amide bonds. The van der Waals surface area contributed by atoms with E-state index in [1.54, 1.807) is 18.3 Å². The molecule has 4 nitrogen and oxygen atoms in total. The van der Waals surface area contributed by atoms with E-state index in [9.17, 15) is 4.79 Å². The topological polar surface area (TPSA) is 51.2 Å². The molecule has 0 unspecified atom stereocenters. The van der Waals surface area contributed by atoms with Crippen molar-refractivity contribution in [2.45, 2.75) is 19.8 Å². The number of nitrogens with zero attached hydrogens (tertiary/aromatic N) is 1. The third kappa shape index (κ3) is 3.60. The lowest BCUT2D eigenvalue weighted by Gasteiger charge is -2.08. The summed E-state index contributed by atoms with van der Waals surface area (Å²) in [5.74, 6) is 1.97. The first-order valence-corrected chi connectivity index (χ1v) is 7.18. The Hall–Kier alpha value is -2.36. The van der Waals surface area contributed by atoms with Crippen LogP contribution in [0.3, 0.4) is 0 Å². The van der Waals surface area contributed by atoms with Crippen LogP contribution in [-0.4, -0.2) is 17.5 Å². The van der Waals surface area contributed by atoms with Crippen molar-refractivity contribution in [2.24, 2.45) is 5.92 Å². The van der Waals surface area contributed by atoms with Gasteiger partial charge in [0.2, 0.25) is 0 Å². The van der Waals surface area contributed by atoms with E-state index in [0.29, 0.717) is 11.4 Å². The van der Waals surface area contributed by atoms with E-state index < -0.39 is 0 Å². The molecule has 0 bridgehead atoms. The van der Waals surface area contributed by atoms with Crippen LogP contribution in [0.5, 0.6) is 5.75 Å². The maximum Gasteiger partial charge on any atom is 0.256 e. The van der Waals surface area contributed by atoms with Gasteiger partial charge in [0.15, 0.2) is 0 Å². The van der Waals surface area contributed by atoms with Crippen molar-refractivity contribution in [3.63, 3.8) is 0 Å². The Morgan fingerprint density at radius 3 is 2.71 bits per heavy atom. The number of ether oxygens (including phenoxy) is 1. The number of amides is 1. The van der Waals surface area contributed by atoms with Crippen LogP contribution in [0, 0.1) is 12.8 Å². The van der Waals surface area contributed by atoms with E-state index in [4.69, 9.17) is 4.74 Å². The molecule has 1 N–H and O–H groups in total. The molecule has 0 atom stereocenters. The zero-order valence-corrected chi connectivity index (χ0v) is 12.0. The summed E-state index contributed by atoms with van der Waals surface area (Å²) in [6.07, 6.45) is 4.20. The zero-order chi connectivity index (χ0) is 14.7. The lowest BCUT2D eigenvalue weighted by Crippen LogP contribution is -2.13. The Morgan fingerprint density at radius 1 is 1.29 bits per heavy atom. The first-order chi connectivity index (χ1) is 10.2. The van der Waals surface area contributed by atoms with Crippen molar-refractivity contribution in [3.8, 4) is 5.75 Å². The molecule has 1 fully saturated rings. The summed E-state index contributed by atoms with van der Waals surface area (Å²) >= 11 is 0. The van der Waals surface area contributed by atoms with Gasteiger partial charge < -0.3 is 10.1 Å². The molecule has 4 heteroatoms. The lowest BCUT2D eigenvalue weighted by molar-refractivity contribution is 0.102. The zero-order valence-electron chi connectivity index (χ0n) is 12.0.